The van der Waals surface area contributed by atoms with Gasteiger partial charge in [-0.25, -0.2) is 0 Å². The molecule has 2 heteroatoms. The Morgan fingerprint density at radius 1 is 1.67 bits per heavy atom. The minimum atomic E-state index is 0.472. The van der Waals surface area contributed by atoms with Gasteiger partial charge in [0.15, 0.2) is 0 Å². The average molecular weight is 193 g/mol. The fourth-order valence-electron chi connectivity index (χ4n) is 1.13. The van der Waals surface area contributed by atoms with Crippen molar-refractivity contribution in [3.8, 4) is 0 Å². The highest BCUT2D eigenvalue weighted by Gasteiger charge is 2.31. The molecule has 1 rings (SSSR count). The van der Waals surface area contributed by atoms with E-state index in [1.54, 1.807) is 0 Å². The van der Waals surface area contributed by atoms with Crippen LogP contribution in [0.1, 0.15) is 19.8 Å². The Morgan fingerprint density at radius 2 is 2.44 bits per heavy atom. The van der Waals surface area contributed by atoms with Crippen molar-refractivity contribution in [2.24, 2.45) is 5.41 Å². The molecule has 0 N–H and O–H groups in total. The Labute approximate surface area is 64.9 Å². The summed E-state index contributed by atoms with van der Waals surface area (Å²) in [6.07, 6.45) is 2.47. The zero-order valence-corrected chi connectivity index (χ0v) is 7.41. The summed E-state index contributed by atoms with van der Waals surface area (Å²) in [5.41, 5.74) is 0.472. The van der Waals surface area contributed by atoms with Crippen molar-refractivity contribution < 1.29 is 4.74 Å². The highest BCUT2D eigenvalue weighted by molar-refractivity contribution is 9.09. The molecular formula is C7H13BrO. The van der Waals surface area contributed by atoms with Gasteiger partial charge in [-0.1, -0.05) is 22.9 Å². The van der Waals surface area contributed by atoms with Crippen molar-refractivity contribution in [3.63, 3.8) is 0 Å². The van der Waals surface area contributed by atoms with E-state index in [0.717, 1.165) is 18.5 Å². The third kappa shape index (κ3) is 1.47. The quantitative estimate of drug-likeness (QED) is 0.611. The van der Waals surface area contributed by atoms with E-state index in [2.05, 4.69) is 22.9 Å². The van der Waals surface area contributed by atoms with E-state index in [9.17, 15) is 0 Å². The van der Waals surface area contributed by atoms with Crippen LogP contribution in [0.3, 0.4) is 0 Å². The SMILES string of the molecule is CCC1(CBr)CCOC1. The molecule has 1 unspecified atom stereocenters. The summed E-state index contributed by atoms with van der Waals surface area (Å²) in [5, 5.41) is 1.09. The van der Waals surface area contributed by atoms with E-state index in [1.165, 1.54) is 12.8 Å². The second-order valence-electron chi connectivity index (χ2n) is 2.79. The van der Waals surface area contributed by atoms with Crippen LogP contribution in [0.5, 0.6) is 0 Å². The van der Waals surface area contributed by atoms with Crippen molar-refractivity contribution in [2.75, 3.05) is 18.5 Å². The van der Waals surface area contributed by atoms with Crippen LogP contribution in [0.25, 0.3) is 0 Å². The van der Waals surface area contributed by atoms with Gasteiger partial charge >= 0.3 is 0 Å². The van der Waals surface area contributed by atoms with E-state index in [1.807, 2.05) is 0 Å². The third-order valence-electron chi connectivity index (χ3n) is 2.22. The number of halogens is 1. The molecule has 1 aliphatic heterocycles. The van der Waals surface area contributed by atoms with Gasteiger partial charge in [-0.2, -0.15) is 0 Å². The molecule has 0 aliphatic carbocycles. The normalized spacial score (nSPS) is 35.3. The van der Waals surface area contributed by atoms with Crippen LogP contribution in [0, 0.1) is 5.41 Å². The lowest BCUT2D eigenvalue weighted by molar-refractivity contribution is 0.160. The van der Waals surface area contributed by atoms with Gasteiger partial charge in [-0.05, 0) is 12.8 Å². The summed E-state index contributed by atoms with van der Waals surface area (Å²) in [6, 6.07) is 0. The summed E-state index contributed by atoms with van der Waals surface area (Å²) < 4.78 is 5.31. The van der Waals surface area contributed by atoms with Crippen LogP contribution in [-0.2, 0) is 4.74 Å². The van der Waals surface area contributed by atoms with E-state index in [0.29, 0.717) is 5.41 Å². The van der Waals surface area contributed by atoms with Crippen LogP contribution in [0.2, 0.25) is 0 Å². The first-order valence-corrected chi connectivity index (χ1v) is 4.59. The van der Waals surface area contributed by atoms with Gasteiger partial charge in [0, 0.05) is 17.4 Å². The molecule has 1 nitrogen and oxygen atoms in total. The first-order valence-electron chi connectivity index (χ1n) is 3.47. The van der Waals surface area contributed by atoms with Gasteiger partial charge in [-0.15, -0.1) is 0 Å². The molecule has 0 bridgehead atoms. The van der Waals surface area contributed by atoms with Gasteiger partial charge < -0.3 is 4.74 Å². The van der Waals surface area contributed by atoms with Crippen molar-refractivity contribution in [2.45, 2.75) is 19.8 Å². The van der Waals surface area contributed by atoms with Gasteiger partial charge in [0.25, 0.3) is 0 Å². The first kappa shape index (κ1) is 7.55. The predicted octanol–water partition coefficient (Wildman–Crippen LogP) is 2.20. The van der Waals surface area contributed by atoms with E-state index >= 15 is 0 Å². The van der Waals surface area contributed by atoms with Crippen molar-refractivity contribution >= 4 is 15.9 Å². The lowest BCUT2D eigenvalue weighted by Crippen LogP contribution is -2.21. The van der Waals surface area contributed by atoms with Crippen LogP contribution in [-0.4, -0.2) is 18.5 Å². The standard InChI is InChI=1S/C7H13BrO/c1-2-7(5-8)3-4-9-6-7/h2-6H2,1H3. The summed E-state index contributed by atoms with van der Waals surface area (Å²) in [6.45, 7) is 4.14. The zero-order valence-electron chi connectivity index (χ0n) is 5.82. The third-order valence-corrected chi connectivity index (χ3v) is 3.41. The van der Waals surface area contributed by atoms with E-state index in [-0.39, 0.29) is 0 Å². The summed E-state index contributed by atoms with van der Waals surface area (Å²) >= 11 is 3.51. The molecule has 1 heterocycles. The van der Waals surface area contributed by atoms with Gasteiger partial charge in [-0.3, -0.25) is 0 Å². The average Bonchev–Trinajstić information content (AvgIpc) is 2.36. The molecule has 1 saturated heterocycles. The van der Waals surface area contributed by atoms with E-state index in [4.69, 9.17) is 4.74 Å². The number of rotatable bonds is 2. The Bertz CT molecular complexity index is 80.9. The summed E-state index contributed by atoms with van der Waals surface area (Å²) in [5.74, 6) is 0. The molecule has 0 spiro atoms. The Morgan fingerprint density at radius 3 is 2.67 bits per heavy atom. The minimum Gasteiger partial charge on any atom is -0.381 e. The van der Waals surface area contributed by atoms with Gasteiger partial charge in [0.05, 0.1) is 6.61 Å². The lowest BCUT2D eigenvalue weighted by Gasteiger charge is -2.21. The molecule has 1 atom stereocenters. The van der Waals surface area contributed by atoms with E-state index < -0.39 is 0 Å². The Kier molecular flexibility index (Phi) is 2.53. The molecule has 9 heavy (non-hydrogen) atoms. The molecule has 0 aromatic rings. The molecule has 0 aromatic heterocycles. The molecule has 0 aromatic carbocycles. The number of alkyl halides is 1. The van der Waals surface area contributed by atoms with Crippen LogP contribution in [0.15, 0.2) is 0 Å². The van der Waals surface area contributed by atoms with Gasteiger partial charge in [0.2, 0.25) is 0 Å². The maximum atomic E-state index is 5.31. The van der Waals surface area contributed by atoms with Crippen molar-refractivity contribution in [3.05, 3.63) is 0 Å². The fraction of sp³-hybridized carbons (Fsp3) is 1.00. The maximum Gasteiger partial charge on any atom is 0.0531 e. The van der Waals surface area contributed by atoms with Crippen molar-refractivity contribution in [1.29, 1.82) is 0 Å². The molecule has 1 fully saturated rings. The highest BCUT2D eigenvalue weighted by atomic mass is 79.9. The topological polar surface area (TPSA) is 9.23 Å². The monoisotopic (exact) mass is 192 g/mol. The predicted molar refractivity (Wildman–Crippen MR) is 42.0 cm³/mol. The maximum absolute atomic E-state index is 5.31. The lowest BCUT2D eigenvalue weighted by atomic mass is 9.87. The largest absolute Gasteiger partial charge is 0.381 e. The Hall–Kier alpha value is 0.440. The summed E-state index contributed by atoms with van der Waals surface area (Å²) in [7, 11) is 0. The number of ether oxygens (including phenoxy) is 1. The molecule has 0 radical (unpaired) electrons. The second-order valence-corrected chi connectivity index (χ2v) is 3.35. The van der Waals surface area contributed by atoms with Gasteiger partial charge in [0.1, 0.15) is 0 Å². The summed E-state index contributed by atoms with van der Waals surface area (Å²) in [4.78, 5) is 0. The van der Waals surface area contributed by atoms with Crippen molar-refractivity contribution in [1.82, 2.24) is 0 Å². The fourth-order valence-corrected chi connectivity index (χ4v) is 1.97. The molecule has 54 valence electrons. The van der Waals surface area contributed by atoms with Crippen LogP contribution >= 0.6 is 15.9 Å². The first-order chi connectivity index (χ1) is 4.33. The van der Waals surface area contributed by atoms with Crippen LogP contribution < -0.4 is 0 Å². The smallest absolute Gasteiger partial charge is 0.0531 e. The molecular weight excluding hydrogens is 180 g/mol. The van der Waals surface area contributed by atoms with Crippen LogP contribution in [0.4, 0.5) is 0 Å². The molecule has 0 amide bonds. The zero-order chi connectivity index (χ0) is 6.74. The minimum absolute atomic E-state index is 0.472. The molecule has 0 saturated carbocycles. The highest BCUT2D eigenvalue weighted by Crippen LogP contribution is 2.33. The Balaban J connectivity index is 2.45. The number of hydrogen-bond acceptors (Lipinski definition) is 1. The number of hydrogen-bond donors (Lipinski definition) is 0. The second kappa shape index (κ2) is 3.02. The molecule has 1 aliphatic rings.